The molecule has 1 heterocycles. The van der Waals surface area contributed by atoms with Gasteiger partial charge in [0.15, 0.2) is 0 Å². The molecule has 0 spiro atoms. The zero-order chi connectivity index (χ0) is 8.55. The Morgan fingerprint density at radius 3 is 3.17 bits per heavy atom. The molecule has 0 saturated heterocycles. The quantitative estimate of drug-likeness (QED) is 0.617. The molecule has 0 fully saturated rings. The average molecular weight is 196 g/mol. The van der Waals surface area contributed by atoms with Gasteiger partial charge in [0.25, 0.3) is 0 Å². The van der Waals surface area contributed by atoms with Crippen LogP contribution in [0, 0.1) is 6.92 Å². The minimum Gasteiger partial charge on any atom is -0.204 e. The van der Waals surface area contributed by atoms with E-state index in [1.807, 2.05) is 24.5 Å². The van der Waals surface area contributed by atoms with Crippen molar-refractivity contribution < 1.29 is 0 Å². The highest BCUT2D eigenvalue weighted by atomic mass is 35.5. The number of thioether (sulfide) groups is 1. The van der Waals surface area contributed by atoms with E-state index in [0.717, 1.165) is 21.2 Å². The Labute approximate surface area is 80.2 Å². The molecular formula is C9H6ClNS. The van der Waals surface area contributed by atoms with Gasteiger partial charge in [-0.1, -0.05) is 23.4 Å². The average Bonchev–Trinajstić information content (AvgIpc) is 2.04. The fourth-order valence-corrected chi connectivity index (χ4v) is 2.11. The monoisotopic (exact) mass is 195 g/mol. The number of nitrogens with zero attached hydrogens (tertiary/aromatic N) is 1. The van der Waals surface area contributed by atoms with Crippen molar-refractivity contribution in [1.29, 1.82) is 0 Å². The molecular weight excluding hydrogens is 190 g/mol. The minimum atomic E-state index is 0.775. The maximum absolute atomic E-state index is 6.02. The molecule has 0 aliphatic carbocycles. The lowest BCUT2D eigenvalue weighted by Crippen LogP contribution is -1.81. The van der Waals surface area contributed by atoms with Crippen LogP contribution in [-0.4, -0.2) is 5.87 Å². The number of aliphatic imine (C=N–C) groups is 1. The second-order valence-corrected chi connectivity index (χ2v) is 3.86. The number of hydrogen-bond donors (Lipinski definition) is 0. The lowest BCUT2D eigenvalue weighted by Gasteiger charge is -2.07. The standard InChI is InChI=1S/C9H6ClNS/c1-6-4-7(10)9-8(5-6)11-2-3-12-9/h3-5H,1H3. The predicted octanol–water partition coefficient (Wildman–Crippen LogP) is 3.57. The van der Waals surface area contributed by atoms with Crippen LogP contribution in [0.2, 0.25) is 5.02 Å². The zero-order valence-corrected chi connectivity index (χ0v) is 8.04. The molecule has 12 heavy (non-hydrogen) atoms. The molecule has 0 amide bonds. The van der Waals surface area contributed by atoms with E-state index in [0.29, 0.717) is 0 Å². The number of hydrogen-bond acceptors (Lipinski definition) is 2. The van der Waals surface area contributed by atoms with Crippen LogP contribution in [0.1, 0.15) is 5.56 Å². The van der Waals surface area contributed by atoms with Gasteiger partial charge in [-0.05, 0) is 30.5 Å². The van der Waals surface area contributed by atoms with Gasteiger partial charge < -0.3 is 0 Å². The van der Waals surface area contributed by atoms with E-state index in [9.17, 15) is 0 Å². The van der Waals surface area contributed by atoms with Gasteiger partial charge in [-0.15, -0.1) is 0 Å². The van der Waals surface area contributed by atoms with Gasteiger partial charge in [0.2, 0.25) is 0 Å². The van der Waals surface area contributed by atoms with Crippen molar-refractivity contribution in [1.82, 2.24) is 0 Å². The summed E-state index contributed by atoms with van der Waals surface area (Å²) in [6.45, 7) is 2.00. The van der Waals surface area contributed by atoms with Crippen LogP contribution in [0.25, 0.3) is 0 Å². The number of aryl methyl sites for hydroxylation is 1. The van der Waals surface area contributed by atoms with Crippen molar-refractivity contribution >= 4 is 34.9 Å². The van der Waals surface area contributed by atoms with Gasteiger partial charge in [0.05, 0.1) is 15.6 Å². The molecule has 1 aromatic rings. The smallest absolute Gasteiger partial charge is 0.0887 e. The third-order valence-corrected chi connectivity index (χ3v) is 2.88. The number of fused-ring (bicyclic) bond motifs is 1. The number of halogens is 1. The highest BCUT2D eigenvalue weighted by Gasteiger charge is 2.08. The maximum atomic E-state index is 6.02. The van der Waals surface area contributed by atoms with Crippen LogP contribution in [0.15, 0.2) is 27.4 Å². The van der Waals surface area contributed by atoms with Crippen molar-refractivity contribution in [2.75, 3.05) is 0 Å². The van der Waals surface area contributed by atoms with E-state index in [1.54, 1.807) is 11.8 Å². The molecule has 0 saturated carbocycles. The van der Waals surface area contributed by atoms with Crippen LogP contribution in [0.3, 0.4) is 0 Å². The van der Waals surface area contributed by atoms with Crippen LogP contribution in [0.5, 0.6) is 0 Å². The van der Waals surface area contributed by atoms with Gasteiger partial charge >= 0.3 is 0 Å². The lowest BCUT2D eigenvalue weighted by molar-refractivity contribution is 1.33. The van der Waals surface area contributed by atoms with Gasteiger partial charge in [-0.3, -0.25) is 0 Å². The molecule has 0 aromatic heterocycles. The van der Waals surface area contributed by atoms with E-state index in [-0.39, 0.29) is 0 Å². The molecule has 0 bridgehead atoms. The van der Waals surface area contributed by atoms with Crippen molar-refractivity contribution in [3.8, 4) is 0 Å². The second-order valence-electron chi connectivity index (χ2n) is 2.57. The van der Waals surface area contributed by atoms with Crippen molar-refractivity contribution in [2.45, 2.75) is 11.8 Å². The minimum absolute atomic E-state index is 0.775. The van der Waals surface area contributed by atoms with Crippen molar-refractivity contribution in [2.24, 2.45) is 4.99 Å². The summed E-state index contributed by atoms with van der Waals surface area (Å²) in [6.07, 6.45) is 0. The fourth-order valence-electron chi connectivity index (χ4n) is 1.09. The van der Waals surface area contributed by atoms with Crippen LogP contribution in [-0.2, 0) is 0 Å². The number of rotatable bonds is 0. The van der Waals surface area contributed by atoms with Crippen molar-refractivity contribution in [3.05, 3.63) is 28.1 Å². The molecule has 1 aromatic carbocycles. The SMILES string of the molecule is Cc1cc(Cl)c2c(c1)N=C=CS2. The van der Waals surface area contributed by atoms with E-state index in [4.69, 9.17) is 11.6 Å². The molecule has 60 valence electrons. The summed E-state index contributed by atoms with van der Waals surface area (Å²) in [7, 11) is 0. The third kappa shape index (κ3) is 1.29. The molecule has 3 heteroatoms. The molecule has 0 atom stereocenters. The summed E-state index contributed by atoms with van der Waals surface area (Å²) in [5.41, 5.74) is 2.05. The van der Waals surface area contributed by atoms with Crippen LogP contribution < -0.4 is 0 Å². The summed E-state index contributed by atoms with van der Waals surface area (Å²) in [6, 6.07) is 3.95. The first kappa shape index (κ1) is 7.93. The zero-order valence-electron chi connectivity index (χ0n) is 6.47. The lowest BCUT2D eigenvalue weighted by atomic mass is 10.2. The maximum Gasteiger partial charge on any atom is 0.0887 e. The number of benzene rings is 1. The molecule has 0 radical (unpaired) electrons. The molecule has 1 aliphatic rings. The Bertz CT molecular complexity index is 392. The first-order valence-electron chi connectivity index (χ1n) is 3.52. The molecule has 0 unspecified atom stereocenters. The highest BCUT2D eigenvalue weighted by molar-refractivity contribution is 8.02. The van der Waals surface area contributed by atoms with Gasteiger partial charge in [-0.25, -0.2) is 4.99 Å². The topological polar surface area (TPSA) is 12.4 Å². The molecule has 2 rings (SSSR count). The summed E-state index contributed by atoms with van der Waals surface area (Å²) in [5.74, 6) is 2.80. The first-order valence-corrected chi connectivity index (χ1v) is 4.78. The molecule has 1 aliphatic heterocycles. The first-order chi connectivity index (χ1) is 5.77. The molecule has 1 nitrogen and oxygen atoms in total. The Morgan fingerprint density at radius 2 is 2.33 bits per heavy atom. The normalized spacial score (nSPS) is 13.2. The summed E-state index contributed by atoms with van der Waals surface area (Å²) >= 11 is 7.58. The van der Waals surface area contributed by atoms with E-state index < -0.39 is 0 Å². The largest absolute Gasteiger partial charge is 0.204 e. The van der Waals surface area contributed by atoms with Gasteiger partial charge in [0.1, 0.15) is 0 Å². The van der Waals surface area contributed by atoms with Gasteiger partial charge in [-0.2, -0.15) is 0 Å². The highest BCUT2D eigenvalue weighted by Crippen LogP contribution is 2.38. The second kappa shape index (κ2) is 2.98. The Morgan fingerprint density at radius 1 is 1.50 bits per heavy atom. The summed E-state index contributed by atoms with van der Waals surface area (Å²) in [5, 5.41) is 2.58. The summed E-state index contributed by atoms with van der Waals surface area (Å²) < 4.78 is 0. The van der Waals surface area contributed by atoms with Gasteiger partial charge in [0, 0.05) is 5.41 Å². The van der Waals surface area contributed by atoms with E-state index >= 15 is 0 Å². The van der Waals surface area contributed by atoms with E-state index in [2.05, 4.69) is 10.9 Å². The Kier molecular flexibility index (Phi) is 1.97. The van der Waals surface area contributed by atoms with Crippen LogP contribution in [0.4, 0.5) is 5.69 Å². The van der Waals surface area contributed by atoms with Crippen LogP contribution >= 0.6 is 23.4 Å². The molecule has 0 N–H and O–H groups in total. The Hall–Kier alpha value is -0.690. The predicted molar refractivity (Wildman–Crippen MR) is 53.7 cm³/mol. The fraction of sp³-hybridized carbons (Fsp3) is 0.111. The summed E-state index contributed by atoms with van der Waals surface area (Å²) in [4.78, 5) is 5.13. The van der Waals surface area contributed by atoms with Crippen molar-refractivity contribution in [3.63, 3.8) is 0 Å². The van der Waals surface area contributed by atoms with E-state index in [1.165, 1.54) is 0 Å². The Balaban J connectivity index is 2.69. The third-order valence-electron chi connectivity index (χ3n) is 1.58.